The molecule has 0 amide bonds. The number of nitrogens with zero attached hydrogens (tertiary/aromatic N) is 1. The second kappa shape index (κ2) is 4.54. The minimum Gasteiger partial charge on any atom is -0.480 e. The Morgan fingerprint density at radius 3 is 2.67 bits per heavy atom. The van der Waals surface area contributed by atoms with E-state index in [1.165, 1.54) is 7.11 Å². The van der Waals surface area contributed by atoms with Crippen molar-refractivity contribution in [3.8, 4) is 11.8 Å². The van der Waals surface area contributed by atoms with E-state index in [1.807, 2.05) is 0 Å². The fourth-order valence-corrected chi connectivity index (χ4v) is 0.899. The molecule has 1 aromatic heterocycles. The van der Waals surface area contributed by atoms with Crippen molar-refractivity contribution >= 4 is 5.97 Å². The minimum atomic E-state index is -3.02. The van der Waals surface area contributed by atoms with E-state index >= 15 is 0 Å². The van der Waals surface area contributed by atoms with Crippen molar-refractivity contribution in [2.24, 2.45) is 0 Å². The summed E-state index contributed by atoms with van der Waals surface area (Å²) >= 11 is 0. The van der Waals surface area contributed by atoms with Crippen LogP contribution in [0, 0.1) is 0 Å². The molecule has 0 unspecified atom stereocenters. The van der Waals surface area contributed by atoms with Crippen molar-refractivity contribution < 1.29 is 28.2 Å². The van der Waals surface area contributed by atoms with E-state index in [0.29, 0.717) is 0 Å². The Morgan fingerprint density at radius 1 is 1.53 bits per heavy atom. The van der Waals surface area contributed by atoms with Crippen LogP contribution in [-0.2, 0) is 0 Å². The van der Waals surface area contributed by atoms with Gasteiger partial charge in [0.25, 0.3) is 0 Å². The molecule has 15 heavy (non-hydrogen) atoms. The van der Waals surface area contributed by atoms with Gasteiger partial charge in [-0.3, -0.25) is 0 Å². The molecule has 1 aromatic rings. The first-order valence-corrected chi connectivity index (χ1v) is 3.77. The summed E-state index contributed by atoms with van der Waals surface area (Å²) in [4.78, 5) is 14.1. The Hall–Kier alpha value is -1.92. The van der Waals surface area contributed by atoms with Crippen molar-refractivity contribution in [1.29, 1.82) is 0 Å². The molecule has 0 aliphatic carbocycles. The maximum atomic E-state index is 11.8. The standard InChI is InChI=1S/C8H7F2NO4/c1-14-6-4(7(12)13)2-3-5(11-6)15-8(9)10/h2-3,8H,1H3,(H,12,13). The van der Waals surface area contributed by atoms with Crippen molar-refractivity contribution in [3.05, 3.63) is 17.7 Å². The number of carbonyl (C=O) groups is 1. The zero-order valence-electron chi connectivity index (χ0n) is 7.61. The van der Waals surface area contributed by atoms with E-state index in [-0.39, 0.29) is 11.4 Å². The molecule has 0 radical (unpaired) electrons. The fourth-order valence-electron chi connectivity index (χ4n) is 0.899. The molecule has 82 valence electrons. The Bertz CT molecular complexity index is 370. The van der Waals surface area contributed by atoms with Gasteiger partial charge in [-0.25, -0.2) is 4.79 Å². The first-order chi connectivity index (χ1) is 7.04. The van der Waals surface area contributed by atoms with Crippen molar-refractivity contribution in [2.75, 3.05) is 7.11 Å². The number of hydrogen-bond donors (Lipinski definition) is 1. The number of pyridine rings is 1. The number of aromatic nitrogens is 1. The summed E-state index contributed by atoms with van der Waals surface area (Å²) in [6.07, 6.45) is 0. The van der Waals surface area contributed by atoms with Gasteiger partial charge in [-0.05, 0) is 6.07 Å². The molecular formula is C8H7F2NO4. The van der Waals surface area contributed by atoms with E-state index in [4.69, 9.17) is 5.11 Å². The van der Waals surface area contributed by atoms with Crippen LogP contribution in [0.5, 0.6) is 11.8 Å². The van der Waals surface area contributed by atoms with Crippen LogP contribution in [0.3, 0.4) is 0 Å². The van der Waals surface area contributed by atoms with Crippen LogP contribution in [0.1, 0.15) is 10.4 Å². The fraction of sp³-hybridized carbons (Fsp3) is 0.250. The zero-order chi connectivity index (χ0) is 11.4. The summed E-state index contributed by atoms with van der Waals surface area (Å²) in [7, 11) is 1.18. The second-order valence-corrected chi connectivity index (χ2v) is 2.39. The molecule has 0 aliphatic heterocycles. The third-order valence-electron chi connectivity index (χ3n) is 1.47. The van der Waals surface area contributed by atoms with Gasteiger partial charge in [0, 0.05) is 6.07 Å². The predicted octanol–water partition coefficient (Wildman–Crippen LogP) is 1.39. The van der Waals surface area contributed by atoms with Crippen LogP contribution in [0.25, 0.3) is 0 Å². The average molecular weight is 219 g/mol. The minimum absolute atomic E-state index is 0.223. The van der Waals surface area contributed by atoms with E-state index in [9.17, 15) is 13.6 Å². The van der Waals surface area contributed by atoms with Gasteiger partial charge in [0.05, 0.1) is 7.11 Å². The lowest BCUT2D eigenvalue weighted by molar-refractivity contribution is -0.0530. The number of rotatable bonds is 4. The number of hydrogen-bond acceptors (Lipinski definition) is 4. The zero-order valence-corrected chi connectivity index (χ0v) is 7.61. The Kier molecular flexibility index (Phi) is 3.37. The summed E-state index contributed by atoms with van der Waals surface area (Å²) in [6, 6.07) is 2.10. The molecule has 0 saturated heterocycles. The molecule has 0 spiro atoms. The Morgan fingerprint density at radius 2 is 2.20 bits per heavy atom. The normalized spacial score (nSPS) is 10.1. The van der Waals surface area contributed by atoms with Gasteiger partial charge in [0.15, 0.2) is 0 Å². The summed E-state index contributed by atoms with van der Waals surface area (Å²) in [6.45, 7) is -3.02. The largest absolute Gasteiger partial charge is 0.480 e. The molecule has 0 atom stereocenters. The van der Waals surface area contributed by atoms with Crippen LogP contribution < -0.4 is 9.47 Å². The molecule has 1 rings (SSSR count). The number of carboxylic acids is 1. The first-order valence-electron chi connectivity index (χ1n) is 3.77. The maximum absolute atomic E-state index is 11.8. The van der Waals surface area contributed by atoms with Gasteiger partial charge in [-0.15, -0.1) is 0 Å². The van der Waals surface area contributed by atoms with Crippen LogP contribution in [0.4, 0.5) is 8.78 Å². The van der Waals surface area contributed by atoms with Crippen molar-refractivity contribution in [1.82, 2.24) is 4.98 Å². The van der Waals surface area contributed by atoms with Gasteiger partial charge >= 0.3 is 12.6 Å². The third-order valence-corrected chi connectivity index (χ3v) is 1.47. The lowest BCUT2D eigenvalue weighted by atomic mass is 10.3. The van der Waals surface area contributed by atoms with Crippen molar-refractivity contribution in [3.63, 3.8) is 0 Å². The average Bonchev–Trinajstić information content (AvgIpc) is 2.16. The number of alkyl halides is 2. The maximum Gasteiger partial charge on any atom is 0.388 e. The lowest BCUT2D eigenvalue weighted by Gasteiger charge is -2.07. The second-order valence-electron chi connectivity index (χ2n) is 2.39. The smallest absolute Gasteiger partial charge is 0.388 e. The topological polar surface area (TPSA) is 68.7 Å². The Labute approximate surface area is 83.3 Å². The molecule has 0 aliphatic rings. The van der Waals surface area contributed by atoms with Crippen LogP contribution >= 0.6 is 0 Å². The molecule has 0 aromatic carbocycles. The van der Waals surface area contributed by atoms with Gasteiger partial charge in [-0.1, -0.05) is 0 Å². The molecule has 0 bridgehead atoms. The number of ether oxygens (including phenoxy) is 2. The van der Waals surface area contributed by atoms with E-state index in [1.54, 1.807) is 0 Å². The monoisotopic (exact) mass is 219 g/mol. The highest BCUT2D eigenvalue weighted by atomic mass is 19.3. The van der Waals surface area contributed by atoms with Gasteiger partial charge < -0.3 is 14.6 Å². The molecular weight excluding hydrogens is 212 g/mol. The summed E-state index contributed by atoms with van der Waals surface area (Å²) in [5.74, 6) is -1.93. The number of methoxy groups -OCH3 is 1. The quantitative estimate of drug-likeness (QED) is 0.828. The highest BCUT2D eigenvalue weighted by Gasteiger charge is 2.14. The van der Waals surface area contributed by atoms with Crippen LogP contribution in [0.2, 0.25) is 0 Å². The van der Waals surface area contributed by atoms with Gasteiger partial charge in [0.2, 0.25) is 11.8 Å². The molecule has 7 heteroatoms. The number of carboxylic acid groups (broad SMARTS) is 1. The summed E-state index contributed by atoms with van der Waals surface area (Å²) in [5, 5.41) is 8.66. The van der Waals surface area contributed by atoms with Gasteiger partial charge in [0.1, 0.15) is 5.56 Å². The molecule has 5 nitrogen and oxygen atoms in total. The van der Waals surface area contributed by atoms with E-state index < -0.39 is 18.5 Å². The predicted molar refractivity (Wildman–Crippen MR) is 44.4 cm³/mol. The summed E-state index contributed by atoms with van der Waals surface area (Å²) in [5.41, 5.74) is -0.223. The molecule has 1 heterocycles. The van der Waals surface area contributed by atoms with Crippen LogP contribution in [0.15, 0.2) is 12.1 Å². The first kappa shape index (κ1) is 11.2. The van der Waals surface area contributed by atoms with Crippen molar-refractivity contribution in [2.45, 2.75) is 6.61 Å². The summed E-state index contributed by atoms with van der Waals surface area (Å²) < 4.78 is 32.2. The third kappa shape index (κ3) is 2.76. The molecule has 0 fully saturated rings. The molecule has 0 saturated carbocycles. The molecule has 1 N–H and O–H groups in total. The highest BCUT2D eigenvalue weighted by molar-refractivity contribution is 5.90. The highest BCUT2D eigenvalue weighted by Crippen LogP contribution is 2.20. The number of aromatic carboxylic acids is 1. The van der Waals surface area contributed by atoms with E-state index in [2.05, 4.69) is 14.5 Å². The van der Waals surface area contributed by atoms with E-state index in [0.717, 1.165) is 12.1 Å². The number of halogens is 2. The SMILES string of the molecule is COc1nc(OC(F)F)ccc1C(=O)O. The van der Waals surface area contributed by atoms with Crippen LogP contribution in [-0.4, -0.2) is 29.8 Å². The lowest BCUT2D eigenvalue weighted by Crippen LogP contribution is -2.07. The van der Waals surface area contributed by atoms with Gasteiger partial charge in [-0.2, -0.15) is 13.8 Å². The Balaban J connectivity index is 3.02.